The second-order valence-electron chi connectivity index (χ2n) is 10.8. The van der Waals surface area contributed by atoms with E-state index in [2.05, 4.69) is 56.0 Å². The standard InChI is InChI=1S/C28H36N2O3/c1-5-33-25-9-7-20(14-18(25)2)21-6-8-23-22(15-21)16-28(3,4)26(23)30(27(31)32)24-17-29-12-10-19(24)11-13-29/h6-9,14-15,19,24,26H,5,10-13,16-17H2,1-4H3,(H,31,32)/t24-,26+/m1/s1. The van der Waals surface area contributed by atoms with Crippen molar-refractivity contribution in [3.8, 4) is 16.9 Å². The molecule has 0 spiro atoms. The first-order chi connectivity index (χ1) is 15.8. The average molecular weight is 449 g/mol. The van der Waals surface area contributed by atoms with Crippen molar-refractivity contribution in [3.05, 3.63) is 53.1 Å². The van der Waals surface area contributed by atoms with Gasteiger partial charge in [-0.25, -0.2) is 4.79 Å². The topological polar surface area (TPSA) is 53.0 Å². The third kappa shape index (κ3) is 3.90. The van der Waals surface area contributed by atoms with Gasteiger partial charge in [-0.05, 0) is 97.5 Å². The van der Waals surface area contributed by atoms with Crippen molar-refractivity contribution in [2.45, 2.75) is 59.0 Å². The summed E-state index contributed by atoms with van der Waals surface area (Å²) in [5.74, 6) is 1.41. The van der Waals surface area contributed by atoms with Crippen LogP contribution in [0, 0.1) is 18.3 Å². The molecule has 176 valence electrons. The molecule has 0 aromatic heterocycles. The maximum Gasteiger partial charge on any atom is 0.408 e. The van der Waals surface area contributed by atoms with Gasteiger partial charge in [-0.2, -0.15) is 0 Å². The molecule has 2 atom stereocenters. The molecule has 3 aliphatic heterocycles. The number of nitrogens with zero attached hydrogens (tertiary/aromatic N) is 2. The Balaban J connectivity index is 1.49. The normalized spacial score (nSPS) is 27.3. The number of ether oxygens (including phenoxy) is 1. The number of amides is 1. The smallest absolute Gasteiger partial charge is 0.408 e. The molecule has 2 bridgehead atoms. The van der Waals surface area contributed by atoms with Crippen LogP contribution in [0.5, 0.6) is 5.75 Å². The minimum Gasteiger partial charge on any atom is -0.494 e. The maximum absolute atomic E-state index is 12.7. The lowest BCUT2D eigenvalue weighted by molar-refractivity contribution is -0.0267. The Hall–Kier alpha value is -2.53. The number of benzene rings is 2. The van der Waals surface area contributed by atoms with Gasteiger partial charge >= 0.3 is 6.09 Å². The number of carboxylic acid groups (broad SMARTS) is 1. The van der Waals surface area contributed by atoms with E-state index >= 15 is 0 Å². The highest BCUT2D eigenvalue weighted by Gasteiger charge is 2.50. The molecule has 1 N–H and O–H groups in total. The van der Waals surface area contributed by atoms with Gasteiger partial charge in [-0.1, -0.05) is 38.1 Å². The van der Waals surface area contributed by atoms with Crippen LogP contribution in [-0.4, -0.2) is 53.3 Å². The van der Waals surface area contributed by atoms with Crippen LogP contribution in [0.15, 0.2) is 36.4 Å². The van der Waals surface area contributed by atoms with E-state index in [0.717, 1.165) is 50.2 Å². The van der Waals surface area contributed by atoms with Gasteiger partial charge in [0.25, 0.3) is 0 Å². The molecule has 5 nitrogen and oxygen atoms in total. The number of rotatable bonds is 5. The van der Waals surface area contributed by atoms with Crippen LogP contribution in [-0.2, 0) is 6.42 Å². The minimum absolute atomic E-state index is 0.0914. The number of carbonyl (C=O) groups is 1. The zero-order valence-corrected chi connectivity index (χ0v) is 20.3. The Morgan fingerprint density at radius 1 is 1.15 bits per heavy atom. The van der Waals surface area contributed by atoms with Crippen molar-refractivity contribution in [1.82, 2.24) is 9.80 Å². The Bertz CT molecular complexity index is 1060. The number of hydrogen-bond donors (Lipinski definition) is 1. The average Bonchev–Trinajstić information content (AvgIpc) is 3.05. The number of piperidine rings is 3. The van der Waals surface area contributed by atoms with Crippen molar-refractivity contribution in [2.75, 3.05) is 26.2 Å². The molecule has 3 fully saturated rings. The van der Waals surface area contributed by atoms with E-state index in [9.17, 15) is 9.90 Å². The van der Waals surface area contributed by atoms with E-state index < -0.39 is 6.09 Å². The Kier molecular flexibility index (Phi) is 5.64. The van der Waals surface area contributed by atoms with Gasteiger partial charge in [0.1, 0.15) is 5.75 Å². The maximum atomic E-state index is 12.7. The summed E-state index contributed by atoms with van der Waals surface area (Å²) in [6, 6.07) is 13.0. The Morgan fingerprint density at radius 3 is 2.45 bits per heavy atom. The van der Waals surface area contributed by atoms with Crippen molar-refractivity contribution in [3.63, 3.8) is 0 Å². The van der Waals surface area contributed by atoms with Crippen molar-refractivity contribution in [1.29, 1.82) is 0 Å². The molecule has 4 aliphatic rings. The molecule has 0 saturated carbocycles. The lowest BCUT2D eigenvalue weighted by Crippen LogP contribution is -2.60. The second-order valence-corrected chi connectivity index (χ2v) is 10.8. The number of aryl methyl sites for hydroxylation is 1. The van der Waals surface area contributed by atoms with Crippen LogP contribution in [0.3, 0.4) is 0 Å². The zero-order valence-electron chi connectivity index (χ0n) is 20.3. The summed E-state index contributed by atoms with van der Waals surface area (Å²) in [6.45, 7) is 12.3. The molecule has 1 amide bonds. The summed E-state index contributed by atoms with van der Waals surface area (Å²) in [7, 11) is 0. The molecule has 5 heteroatoms. The van der Waals surface area contributed by atoms with Crippen LogP contribution < -0.4 is 4.74 Å². The van der Waals surface area contributed by atoms with Gasteiger partial charge in [0, 0.05) is 6.54 Å². The molecule has 1 aliphatic carbocycles. The highest BCUT2D eigenvalue weighted by molar-refractivity contribution is 5.70. The third-order valence-corrected chi connectivity index (χ3v) is 8.11. The van der Waals surface area contributed by atoms with Crippen molar-refractivity contribution < 1.29 is 14.6 Å². The highest BCUT2D eigenvalue weighted by atomic mass is 16.5. The largest absolute Gasteiger partial charge is 0.494 e. The quantitative estimate of drug-likeness (QED) is 0.632. The van der Waals surface area contributed by atoms with Gasteiger partial charge in [-0.15, -0.1) is 0 Å². The monoisotopic (exact) mass is 448 g/mol. The molecule has 3 heterocycles. The summed E-state index contributed by atoms with van der Waals surface area (Å²) in [4.78, 5) is 16.9. The van der Waals surface area contributed by atoms with Crippen LogP contribution in [0.2, 0.25) is 0 Å². The molecule has 2 aromatic carbocycles. The molecule has 0 radical (unpaired) electrons. The van der Waals surface area contributed by atoms with E-state index in [1.807, 2.05) is 17.9 Å². The van der Waals surface area contributed by atoms with Crippen molar-refractivity contribution >= 4 is 6.09 Å². The summed E-state index contributed by atoms with van der Waals surface area (Å²) in [6.07, 6.45) is 2.35. The molecule has 33 heavy (non-hydrogen) atoms. The third-order valence-electron chi connectivity index (χ3n) is 8.11. The van der Waals surface area contributed by atoms with E-state index in [1.54, 1.807) is 0 Å². The summed E-state index contributed by atoms with van der Waals surface area (Å²) in [5.41, 5.74) is 5.81. The van der Waals surface area contributed by atoms with E-state index in [4.69, 9.17) is 4.74 Å². The first-order valence-corrected chi connectivity index (χ1v) is 12.4. The molecule has 0 unspecified atom stereocenters. The van der Waals surface area contributed by atoms with Crippen LogP contribution >= 0.6 is 0 Å². The van der Waals surface area contributed by atoms with E-state index in [-0.39, 0.29) is 17.5 Å². The molecular formula is C28H36N2O3. The fourth-order valence-electron chi connectivity index (χ4n) is 6.58. The zero-order chi connectivity index (χ0) is 23.3. The van der Waals surface area contributed by atoms with Gasteiger partial charge in [-0.3, -0.25) is 4.90 Å². The van der Waals surface area contributed by atoms with Crippen LogP contribution in [0.25, 0.3) is 11.1 Å². The Labute approximate surface area is 197 Å². The van der Waals surface area contributed by atoms with Crippen molar-refractivity contribution in [2.24, 2.45) is 11.3 Å². The highest BCUT2D eigenvalue weighted by Crippen LogP contribution is 2.51. The summed E-state index contributed by atoms with van der Waals surface area (Å²) >= 11 is 0. The lowest BCUT2D eigenvalue weighted by atomic mass is 9.79. The minimum atomic E-state index is -0.772. The second kappa shape index (κ2) is 8.35. The number of fused-ring (bicyclic) bond motifs is 4. The summed E-state index contributed by atoms with van der Waals surface area (Å²) < 4.78 is 5.71. The Morgan fingerprint density at radius 2 is 1.85 bits per heavy atom. The first kappa shape index (κ1) is 22.3. The predicted octanol–water partition coefficient (Wildman–Crippen LogP) is 5.76. The predicted molar refractivity (Wildman–Crippen MR) is 131 cm³/mol. The fraction of sp³-hybridized carbons (Fsp3) is 0.536. The van der Waals surface area contributed by atoms with Crippen LogP contribution in [0.1, 0.15) is 56.3 Å². The fourth-order valence-corrected chi connectivity index (χ4v) is 6.58. The molecule has 3 saturated heterocycles. The van der Waals surface area contributed by atoms with E-state index in [1.165, 1.54) is 22.3 Å². The molecule has 6 rings (SSSR count). The summed E-state index contributed by atoms with van der Waals surface area (Å²) in [5, 5.41) is 10.4. The van der Waals surface area contributed by atoms with Gasteiger partial charge in [0.05, 0.1) is 18.7 Å². The number of hydrogen-bond acceptors (Lipinski definition) is 3. The molecule has 2 aromatic rings. The lowest BCUT2D eigenvalue weighted by Gasteiger charge is -2.51. The van der Waals surface area contributed by atoms with E-state index in [0.29, 0.717) is 12.5 Å². The van der Waals surface area contributed by atoms with Crippen LogP contribution in [0.4, 0.5) is 4.79 Å². The SMILES string of the molecule is CCOc1ccc(-c2ccc3c(c2)CC(C)(C)[C@H]3N(C(=O)O)[C@@H]2CN3CCC2CC3)cc1C. The molecular weight excluding hydrogens is 412 g/mol. The van der Waals surface area contributed by atoms with Gasteiger partial charge in [0.15, 0.2) is 0 Å². The first-order valence-electron chi connectivity index (χ1n) is 12.4. The van der Waals surface area contributed by atoms with Gasteiger partial charge in [0.2, 0.25) is 0 Å². The van der Waals surface area contributed by atoms with Gasteiger partial charge < -0.3 is 14.7 Å².